The first-order valence-electron chi connectivity index (χ1n) is 7.25. The third-order valence-electron chi connectivity index (χ3n) is 4.10. The van der Waals surface area contributed by atoms with E-state index in [0.717, 1.165) is 12.3 Å². The van der Waals surface area contributed by atoms with Crippen molar-refractivity contribution >= 4 is 0 Å². The highest BCUT2D eigenvalue weighted by atomic mass is 16.5. The van der Waals surface area contributed by atoms with Gasteiger partial charge in [-0.05, 0) is 25.2 Å². The van der Waals surface area contributed by atoms with Crippen LogP contribution in [0.15, 0.2) is 0 Å². The average Bonchev–Trinajstić information content (AvgIpc) is 2.34. The van der Waals surface area contributed by atoms with Crippen molar-refractivity contribution in [3.8, 4) is 0 Å². The van der Waals surface area contributed by atoms with E-state index in [1.807, 2.05) is 7.11 Å². The monoisotopic (exact) mass is 228 g/mol. The van der Waals surface area contributed by atoms with Gasteiger partial charge in [-0.1, -0.05) is 59.8 Å². The standard InChI is InChI=1S/C15H32O/c1-6-10-12-14(8-3)15(9-4,16-5)13-11-7-2/h14H,6-13H2,1-5H3. The third kappa shape index (κ3) is 4.45. The van der Waals surface area contributed by atoms with Crippen molar-refractivity contribution in [2.75, 3.05) is 7.11 Å². The second-order valence-corrected chi connectivity index (χ2v) is 4.97. The van der Waals surface area contributed by atoms with E-state index in [0.29, 0.717) is 0 Å². The van der Waals surface area contributed by atoms with Crippen LogP contribution in [0.2, 0.25) is 0 Å². The highest BCUT2D eigenvalue weighted by Crippen LogP contribution is 2.36. The Labute approximate surface area is 103 Å². The zero-order valence-corrected chi connectivity index (χ0v) is 12.1. The Kier molecular flexibility index (Phi) is 9.02. The molecule has 0 aliphatic heterocycles. The van der Waals surface area contributed by atoms with Crippen LogP contribution in [0.3, 0.4) is 0 Å². The van der Waals surface area contributed by atoms with E-state index in [1.165, 1.54) is 44.9 Å². The maximum absolute atomic E-state index is 5.94. The summed E-state index contributed by atoms with van der Waals surface area (Å²) in [6.07, 6.45) is 10.2. The van der Waals surface area contributed by atoms with Gasteiger partial charge in [-0.15, -0.1) is 0 Å². The van der Waals surface area contributed by atoms with Crippen molar-refractivity contribution in [1.29, 1.82) is 0 Å². The summed E-state index contributed by atoms with van der Waals surface area (Å²) in [6.45, 7) is 9.14. The predicted molar refractivity (Wildman–Crippen MR) is 72.9 cm³/mol. The van der Waals surface area contributed by atoms with Gasteiger partial charge in [-0.2, -0.15) is 0 Å². The molecule has 0 aromatic carbocycles. The molecule has 0 aromatic heterocycles. The summed E-state index contributed by atoms with van der Waals surface area (Å²) in [5.41, 5.74) is 0.153. The molecule has 0 fully saturated rings. The summed E-state index contributed by atoms with van der Waals surface area (Å²) in [5.74, 6) is 0.744. The van der Waals surface area contributed by atoms with Crippen LogP contribution in [0.4, 0.5) is 0 Å². The summed E-state index contributed by atoms with van der Waals surface area (Å²) in [4.78, 5) is 0. The van der Waals surface area contributed by atoms with Gasteiger partial charge in [-0.25, -0.2) is 0 Å². The van der Waals surface area contributed by atoms with Crippen LogP contribution >= 0.6 is 0 Å². The molecule has 0 heterocycles. The van der Waals surface area contributed by atoms with Crippen LogP contribution in [0.1, 0.15) is 79.1 Å². The molecule has 2 atom stereocenters. The lowest BCUT2D eigenvalue weighted by Crippen LogP contribution is -2.39. The first kappa shape index (κ1) is 16.0. The zero-order valence-electron chi connectivity index (χ0n) is 12.1. The van der Waals surface area contributed by atoms with Crippen molar-refractivity contribution in [3.63, 3.8) is 0 Å². The fourth-order valence-corrected chi connectivity index (χ4v) is 2.85. The van der Waals surface area contributed by atoms with Gasteiger partial charge in [0.2, 0.25) is 0 Å². The second-order valence-electron chi connectivity index (χ2n) is 4.97. The Bertz CT molecular complexity index is 150. The molecule has 0 rings (SSSR count). The highest BCUT2D eigenvalue weighted by Gasteiger charge is 2.34. The quantitative estimate of drug-likeness (QED) is 0.500. The van der Waals surface area contributed by atoms with Gasteiger partial charge < -0.3 is 4.74 Å². The maximum atomic E-state index is 5.94. The average molecular weight is 228 g/mol. The molecule has 0 aliphatic rings. The summed E-state index contributed by atoms with van der Waals surface area (Å²) in [5, 5.41) is 0. The van der Waals surface area contributed by atoms with E-state index in [-0.39, 0.29) is 5.60 Å². The highest BCUT2D eigenvalue weighted by molar-refractivity contribution is 4.86. The lowest BCUT2D eigenvalue weighted by molar-refractivity contribution is -0.0737. The minimum absolute atomic E-state index is 0.153. The fourth-order valence-electron chi connectivity index (χ4n) is 2.85. The molecule has 98 valence electrons. The molecular weight excluding hydrogens is 196 g/mol. The van der Waals surface area contributed by atoms with Gasteiger partial charge in [0.1, 0.15) is 0 Å². The smallest absolute Gasteiger partial charge is 0.0704 e. The lowest BCUT2D eigenvalue weighted by Gasteiger charge is -2.39. The molecule has 2 unspecified atom stereocenters. The Morgan fingerprint density at radius 1 is 1.00 bits per heavy atom. The number of hydrogen-bond donors (Lipinski definition) is 0. The Morgan fingerprint density at radius 3 is 2.00 bits per heavy atom. The molecule has 0 aliphatic carbocycles. The van der Waals surface area contributed by atoms with Gasteiger partial charge in [0.25, 0.3) is 0 Å². The van der Waals surface area contributed by atoms with Crippen LogP contribution < -0.4 is 0 Å². The summed E-state index contributed by atoms with van der Waals surface area (Å²) in [6, 6.07) is 0. The van der Waals surface area contributed by atoms with Crippen molar-refractivity contribution < 1.29 is 4.74 Å². The van der Waals surface area contributed by atoms with Gasteiger partial charge >= 0.3 is 0 Å². The minimum atomic E-state index is 0.153. The zero-order chi connectivity index (χ0) is 12.4. The summed E-state index contributed by atoms with van der Waals surface area (Å²) in [7, 11) is 1.91. The molecule has 1 heteroatoms. The van der Waals surface area contributed by atoms with Gasteiger partial charge in [-0.3, -0.25) is 0 Å². The van der Waals surface area contributed by atoms with Crippen LogP contribution in [0.5, 0.6) is 0 Å². The first-order valence-corrected chi connectivity index (χ1v) is 7.25. The third-order valence-corrected chi connectivity index (χ3v) is 4.10. The molecule has 0 aromatic rings. The number of unbranched alkanes of at least 4 members (excludes halogenated alkanes) is 2. The minimum Gasteiger partial charge on any atom is -0.378 e. The fraction of sp³-hybridized carbons (Fsp3) is 1.00. The number of hydrogen-bond acceptors (Lipinski definition) is 1. The molecule has 0 spiro atoms. The molecule has 0 bridgehead atoms. The number of methoxy groups -OCH3 is 1. The van der Waals surface area contributed by atoms with Crippen LogP contribution in [0, 0.1) is 5.92 Å². The largest absolute Gasteiger partial charge is 0.378 e. The summed E-state index contributed by atoms with van der Waals surface area (Å²) >= 11 is 0. The Hall–Kier alpha value is -0.0400. The second kappa shape index (κ2) is 9.04. The van der Waals surface area contributed by atoms with E-state index < -0.39 is 0 Å². The molecule has 16 heavy (non-hydrogen) atoms. The molecule has 0 saturated carbocycles. The number of ether oxygens (including phenoxy) is 1. The van der Waals surface area contributed by atoms with E-state index >= 15 is 0 Å². The van der Waals surface area contributed by atoms with E-state index in [2.05, 4.69) is 27.7 Å². The molecule has 0 N–H and O–H groups in total. The van der Waals surface area contributed by atoms with Gasteiger partial charge in [0, 0.05) is 7.11 Å². The van der Waals surface area contributed by atoms with Crippen LogP contribution in [-0.4, -0.2) is 12.7 Å². The topological polar surface area (TPSA) is 9.23 Å². The van der Waals surface area contributed by atoms with Gasteiger partial charge in [0.15, 0.2) is 0 Å². The van der Waals surface area contributed by atoms with Crippen molar-refractivity contribution in [1.82, 2.24) is 0 Å². The predicted octanol–water partition coefficient (Wildman–Crippen LogP) is 5.19. The Balaban J connectivity index is 4.53. The van der Waals surface area contributed by atoms with Gasteiger partial charge in [0.05, 0.1) is 5.60 Å². The van der Waals surface area contributed by atoms with Crippen molar-refractivity contribution in [3.05, 3.63) is 0 Å². The first-order chi connectivity index (χ1) is 7.70. The number of rotatable bonds is 10. The van der Waals surface area contributed by atoms with Crippen molar-refractivity contribution in [2.45, 2.75) is 84.7 Å². The Morgan fingerprint density at radius 2 is 1.62 bits per heavy atom. The van der Waals surface area contributed by atoms with E-state index in [1.54, 1.807) is 0 Å². The van der Waals surface area contributed by atoms with E-state index in [9.17, 15) is 0 Å². The molecule has 0 saturated heterocycles. The lowest BCUT2D eigenvalue weighted by atomic mass is 9.76. The molecule has 0 radical (unpaired) electrons. The molecular formula is C15H32O. The van der Waals surface area contributed by atoms with Crippen LogP contribution in [-0.2, 0) is 4.74 Å². The summed E-state index contributed by atoms with van der Waals surface area (Å²) < 4.78 is 5.94. The molecule has 0 amide bonds. The SMILES string of the molecule is CCCCC(CC)C(CC)(CCCC)OC. The molecule has 1 nitrogen and oxygen atoms in total. The van der Waals surface area contributed by atoms with Crippen molar-refractivity contribution in [2.24, 2.45) is 5.92 Å². The normalized spacial score (nSPS) is 17.1. The van der Waals surface area contributed by atoms with Crippen LogP contribution in [0.25, 0.3) is 0 Å². The van der Waals surface area contributed by atoms with E-state index in [4.69, 9.17) is 4.74 Å². The maximum Gasteiger partial charge on any atom is 0.0704 e.